The van der Waals surface area contributed by atoms with Crippen molar-refractivity contribution in [1.29, 1.82) is 0 Å². The van der Waals surface area contributed by atoms with Crippen molar-refractivity contribution in [3.63, 3.8) is 0 Å². The second kappa shape index (κ2) is 9.38. The molecule has 1 unspecified atom stereocenters. The number of amides is 2. The van der Waals surface area contributed by atoms with Crippen LogP contribution in [0.3, 0.4) is 0 Å². The number of fused-ring (bicyclic) bond motifs is 2. The van der Waals surface area contributed by atoms with Gasteiger partial charge in [0.1, 0.15) is 5.75 Å². The highest BCUT2D eigenvalue weighted by Gasteiger charge is 2.16. The van der Waals surface area contributed by atoms with Gasteiger partial charge in [-0.05, 0) is 48.4 Å². The summed E-state index contributed by atoms with van der Waals surface area (Å²) in [5.41, 5.74) is 5.95. The molecule has 0 aliphatic rings. The molecule has 1 atom stereocenters. The van der Waals surface area contributed by atoms with Crippen LogP contribution < -0.4 is 21.3 Å². The molecular weight excluding hydrogens is 410 g/mol. The Morgan fingerprint density at radius 1 is 1.00 bits per heavy atom. The fourth-order valence-corrected chi connectivity index (χ4v) is 3.42. The molecule has 32 heavy (non-hydrogen) atoms. The number of aryl methyl sites for hydroxylation is 1. The van der Waals surface area contributed by atoms with Crippen molar-refractivity contribution < 1.29 is 18.7 Å². The van der Waals surface area contributed by atoms with Gasteiger partial charge in [-0.2, -0.15) is 0 Å². The van der Waals surface area contributed by atoms with Crippen LogP contribution in [0, 0.1) is 0 Å². The summed E-state index contributed by atoms with van der Waals surface area (Å²) in [5.74, 6) is -0.726. The van der Waals surface area contributed by atoms with Gasteiger partial charge in [0, 0.05) is 13.0 Å². The number of hydrogen-bond acceptors (Lipinski definition) is 5. The third-order valence-electron chi connectivity index (χ3n) is 5.09. The van der Waals surface area contributed by atoms with Crippen LogP contribution >= 0.6 is 0 Å². The van der Waals surface area contributed by atoms with Gasteiger partial charge in [-0.25, -0.2) is 4.79 Å². The van der Waals surface area contributed by atoms with Gasteiger partial charge in [-0.15, -0.1) is 0 Å². The molecule has 4 rings (SSSR count). The third-order valence-corrected chi connectivity index (χ3v) is 5.09. The van der Waals surface area contributed by atoms with E-state index in [2.05, 4.69) is 10.9 Å². The van der Waals surface area contributed by atoms with Gasteiger partial charge in [-0.3, -0.25) is 25.0 Å². The molecule has 0 aliphatic carbocycles. The molecule has 8 nitrogen and oxygen atoms in total. The SMILES string of the molecule is CC(Oc1ccc2ccccc2c1)C(=O)NNC(=O)CCCn1c(=O)oc2ccccc21. The first-order chi connectivity index (χ1) is 15.5. The zero-order valence-corrected chi connectivity index (χ0v) is 17.5. The first-order valence-electron chi connectivity index (χ1n) is 10.3. The Labute approximate surface area is 183 Å². The van der Waals surface area contributed by atoms with Crippen LogP contribution in [-0.4, -0.2) is 22.5 Å². The Bertz CT molecular complexity index is 1320. The standard InChI is InChI=1S/C24H23N3O5/c1-16(31-19-13-12-17-7-2-3-8-18(17)15-19)23(29)26-25-22(28)11-6-14-27-20-9-4-5-10-21(20)32-24(27)30/h2-5,7-10,12-13,15-16H,6,11,14H2,1H3,(H,25,28)(H,26,29). The molecule has 0 saturated heterocycles. The van der Waals surface area contributed by atoms with Crippen LogP contribution in [-0.2, 0) is 16.1 Å². The summed E-state index contributed by atoms with van der Waals surface area (Å²) in [6.07, 6.45) is -0.257. The summed E-state index contributed by atoms with van der Waals surface area (Å²) >= 11 is 0. The summed E-state index contributed by atoms with van der Waals surface area (Å²) in [4.78, 5) is 36.3. The van der Waals surface area contributed by atoms with Crippen molar-refractivity contribution in [2.24, 2.45) is 0 Å². The zero-order chi connectivity index (χ0) is 22.5. The highest BCUT2D eigenvalue weighted by Crippen LogP contribution is 2.21. The largest absolute Gasteiger partial charge is 0.481 e. The highest BCUT2D eigenvalue weighted by molar-refractivity contribution is 5.85. The molecule has 8 heteroatoms. The first-order valence-corrected chi connectivity index (χ1v) is 10.3. The molecule has 4 aromatic rings. The number of rotatable bonds is 7. The van der Waals surface area contributed by atoms with E-state index in [0.29, 0.717) is 29.8 Å². The molecule has 0 fully saturated rings. The van der Waals surface area contributed by atoms with E-state index in [1.54, 1.807) is 31.2 Å². The number of benzene rings is 3. The lowest BCUT2D eigenvalue weighted by Crippen LogP contribution is -2.47. The molecule has 164 valence electrons. The average molecular weight is 433 g/mol. The highest BCUT2D eigenvalue weighted by atomic mass is 16.5. The molecule has 0 bridgehead atoms. The van der Waals surface area contributed by atoms with Crippen LogP contribution in [0.1, 0.15) is 19.8 Å². The maximum Gasteiger partial charge on any atom is 0.419 e. The molecule has 0 saturated carbocycles. The van der Waals surface area contributed by atoms with Crippen molar-refractivity contribution in [2.75, 3.05) is 0 Å². The van der Waals surface area contributed by atoms with Gasteiger partial charge in [0.15, 0.2) is 11.7 Å². The van der Waals surface area contributed by atoms with Crippen LogP contribution in [0.15, 0.2) is 75.9 Å². The normalized spacial score (nSPS) is 11.9. The number of hydrazine groups is 1. The van der Waals surface area contributed by atoms with Crippen molar-refractivity contribution >= 4 is 33.7 Å². The van der Waals surface area contributed by atoms with Crippen molar-refractivity contribution in [3.05, 3.63) is 77.3 Å². The van der Waals surface area contributed by atoms with Crippen LogP contribution in [0.2, 0.25) is 0 Å². The van der Waals surface area contributed by atoms with E-state index in [9.17, 15) is 14.4 Å². The van der Waals surface area contributed by atoms with Crippen molar-refractivity contribution in [1.82, 2.24) is 15.4 Å². The minimum atomic E-state index is -0.799. The topological polar surface area (TPSA) is 103 Å². The molecule has 1 aromatic heterocycles. The lowest BCUT2D eigenvalue weighted by Gasteiger charge is -2.15. The maximum absolute atomic E-state index is 12.3. The minimum absolute atomic E-state index is 0.131. The van der Waals surface area contributed by atoms with Crippen LogP contribution in [0.4, 0.5) is 0 Å². The number of ether oxygens (including phenoxy) is 1. The second-order valence-corrected chi connectivity index (χ2v) is 7.40. The van der Waals surface area contributed by atoms with E-state index in [1.165, 1.54) is 4.57 Å². The Balaban J connectivity index is 1.23. The zero-order valence-electron chi connectivity index (χ0n) is 17.5. The lowest BCUT2D eigenvalue weighted by molar-refractivity contribution is -0.132. The van der Waals surface area contributed by atoms with Gasteiger partial charge in [0.05, 0.1) is 5.52 Å². The molecule has 0 spiro atoms. The number of carbonyl (C=O) groups is 2. The van der Waals surface area contributed by atoms with Gasteiger partial charge in [0.2, 0.25) is 5.91 Å². The van der Waals surface area contributed by atoms with E-state index < -0.39 is 17.8 Å². The molecule has 1 heterocycles. The van der Waals surface area contributed by atoms with Gasteiger partial charge in [0.25, 0.3) is 5.91 Å². The van der Waals surface area contributed by atoms with Gasteiger partial charge in [-0.1, -0.05) is 42.5 Å². The number of nitrogens with one attached hydrogen (secondary N) is 2. The maximum atomic E-state index is 12.3. The molecular formula is C24H23N3O5. The summed E-state index contributed by atoms with van der Waals surface area (Å²) in [6.45, 7) is 1.94. The number of oxazole rings is 1. The Morgan fingerprint density at radius 2 is 1.75 bits per heavy atom. The number of para-hydroxylation sites is 2. The quantitative estimate of drug-likeness (QED) is 0.436. The van der Waals surface area contributed by atoms with Gasteiger partial charge < -0.3 is 9.15 Å². The number of hydrogen-bond donors (Lipinski definition) is 2. The van der Waals surface area contributed by atoms with Crippen molar-refractivity contribution in [3.8, 4) is 5.75 Å². The number of nitrogens with zero attached hydrogens (tertiary/aromatic N) is 1. The summed E-state index contributed by atoms with van der Waals surface area (Å²) < 4.78 is 12.3. The summed E-state index contributed by atoms with van der Waals surface area (Å²) in [6, 6.07) is 20.5. The van der Waals surface area contributed by atoms with E-state index in [-0.39, 0.29) is 12.3 Å². The number of carbonyl (C=O) groups excluding carboxylic acids is 2. The number of aromatic nitrogens is 1. The average Bonchev–Trinajstić information content (AvgIpc) is 3.12. The van der Waals surface area contributed by atoms with Crippen LogP contribution in [0.25, 0.3) is 21.9 Å². The Kier molecular flexibility index (Phi) is 6.21. The third kappa shape index (κ3) is 4.80. The molecule has 0 aliphatic heterocycles. The smallest absolute Gasteiger partial charge is 0.419 e. The van der Waals surface area contributed by atoms with Gasteiger partial charge >= 0.3 is 5.76 Å². The van der Waals surface area contributed by atoms with E-state index in [0.717, 1.165) is 10.8 Å². The predicted molar refractivity (Wildman–Crippen MR) is 120 cm³/mol. The summed E-state index contributed by atoms with van der Waals surface area (Å²) in [5, 5.41) is 2.09. The molecule has 2 N–H and O–H groups in total. The second-order valence-electron chi connectivity index (χ2n) is 7.40. The lowest BCUT2D eigenvalue weighted by atomic mass is 10.1. The van der Waals surface area contributed by atoms with Crippen LogP contribution in [0.5, 0.6) is 5.75 Å². The van der Waals surface area contributed by atoms with E-state index in [4.69, 9.17) is 9.15 Å². The van der Waals surface area contributed by atoms with Crippen molar-refractivity contribution in [2.45, 2.75) is 32.4 Å². The molecule has 2 amide bonds. The summed E-state index contributed by atoms with van der Waals surface area (Å²) in [7, 11) is 0. The Morgan fingerprint density at radius 3 is 2.59 bits per heavy atom. The first kappa shape index (κ1) is 21.2. The van der Waals surface area contributed by atoms with E-state index >= 15 is 0 Å². The molecule has 3 aromatic carbocycles. The predicted octanol–water partition coefficient (Wildman–Crippen LogP) is 3.14. The van der Waals surface area contributed by atoms with E-state index in [1.807, 2.05) is 42.5 Å². The molecule has 0 radical (unpaired) electrons. The fourth-order valence-electron chi connectivity index (χ4n) is 3.42. The monoisotopic (exact) mass is 433 g/mol. The Hall–Kier alpha value is -4.07. The fraction of sp³-hybridized carbons (Fsp3) is 0.208. The minimum Gasteiger partial charge on any atom is -0.481 e.